The van der Waals surface area contributed by atoms with E-state index in [0.29, 0.717) is 5.71 Å². The van der Waals surface area contributed by atoms with Crippen molar-refractivity contribution in [1.82, 2.24) is 5.01 Å². The number of carboxylic acids is 1. The molecule has 1 aliphatic rings. The fraction of sp³-hybridized carbons (Fsp3) is 0.700. The molecule has 0 saturated carbocycles. The van der Waals surface area contributed by atoms with E-state index in [0.717, 1.165) is 6.42 Å². The zero-order chi connectivity index (χ0) is 11.6. The minimum Gasteiger partial charge on any atom is -0.481 e. The van der Waals surface area contributed by atoms with Gasteiger partial charge < -0.3 is 5.11 Å². The van der Waals surface area contributed by atoms with Crippen LogP contribution in [0.5, 0.6) is 0 Å². The number of carboxylic acid groups (broad SMARTS) is 1. The van der Waals surface area contributed by atoms with Gasteiger partial charge in [-0.15, -0.1) is 0 Å². The Morgan fingerprint density at radius 3 is 2.73 bits per heavy atom. The van der Waals surface area contributed by atoms with E-state index in [4.69, 9.17) is 5.11 Å². The van der Waals surface area contributed by atoms with E-state index < -0.39 is 11.9 Å². The second kappa shape index (κ2) is 4.42. The van der Waals surface area contributed by atoms with Crippen LogP contribution in [0.25, 0.3) is 0 Å². The van der Waals surface area contributed by atoms with Crippen molar-refractivity contribution in [1.29, 1.82) is 0 Å². The van der Waals surface area contributed by atoms with Gasteiger partial charge in [-0.25, -0.2) is 5.01 Å². The number of aliphatic carboxylic acids is 1. The van der Waals surface area contributed by atoms with Crippen molar-refractivity contribution in [3.63, 3.8) is 0 Å². The molecule has 1 N–H and O–H groups in total. The monoisotopic (exact) mass is 212 g/mol. The van der Waals surface area contributed by atoms with Crippen molar-refractivity contribution in [2.45, 2.75) is 39.7 Å². The Hall–Kier alpha value is -1.39. The molecule has 0 spiro atoms. The SMILES string of the molecule is CCC(C)N1N=C(C)C(CC(=O)O)C1=O. The smallest absolute Gasteiger partial charge is 0.304 e. The summed E-state index contributed by atoms with van der Waals surface area (Å²) in [7, 11) is 0. The average molecular weight is 212 g/mol. The van der Waals surface area contributed by atoms with Crippen LogP contribution in [0.1, 0.15) is 33.6 Å². The molecule has 15 heavy (non-hydrogen) atoms. The molecule has 0 saturated heterocycles. The highest BCUT2D eigenvalue weighted by atomic mass is 16.4. The fourth-order valence-corrected chi connectivity index (χ4v) is 1.53. The highest BCUT2D eigenvalue weighted by molar-refractivity contribution is 6.08. The number of rotatable bonds is 4. The quantitative estimate of drug-likeness (QED) is 0.758. The standard InChI is InChI=1S/C10H16N2O3/c1-4-6(2)12-10(15)8(5-9(13)14)7(3)11-12/h6,8H,4-5H2,1-3H3,(H,13,14). The minimum atomic E-state index is -0.964. The first-order chi connectivity index (χ1) is 6.97. The molecule has 5 heteroatoms. The zero-order valence-corrected chi connectivity index (χ0v) is 9.23. The Kier molecular flexibility index (Phi) is 3.44. The van der Waals surface area contributed by atoms with Crippen LogP contribution in [0.4, 0.5) is 0 Å². The first kappa shape index (κ1) is 11.7. The summed E-state index contributed by atoms with van der Waals surface area (Å²) >= 11 is 0. The lowest BCUT2D eigenvalue weighted by Gasteiger charge is -2.19. The normalized spacial score (nSPS) is 22.9. The summed E-state index contributed by atoms with van der Waals surface area (Å²) in [6.45, 7) is 5.57. The maximum atomic E-state index is 11.8. The van der Waals surface area contributed by atoms with Crippen LogP contribution in [0, 0.1) is 5.92 Å². The van der Waals surface area contributed by atoms with Gasteiger partial charge in [0.1, 0.15) is 0 Å². The molecule has 0 fully saturated rings. The zero-order valence-electron chi connectivity index (χ0n) is 9.23. The van der Waals surface area contributed by atoms with Crippen LogP contribution < -0.4 is 0 Å². The highest BCUT2D eigenvalue weighted by Gasteiger charge is 2.36. The summed E-state index contributed by atoms with van der Waals surface area (Å²) in [5, 5.41) is 14.2. The van der Waals surface area contributed by atoms with Crippen molar-refractivity contribution in [3.05, 3.63) is 0 Å². The van der Waals surface area contributed by atoms with Crippen molar-refractivity contribution >= 4 is 17.6 Å². The largest absolute Gasteiger partial charge is 0.481 e. The van der Waals surface area contributed by atoms with Gasteiger partial charge in [-0.3, -0.25) is 9.59 Å². The van der Waals surface area contributed by atoms with Crippen LogP contribution in [0.2, 0.25) is 0 Å². The minimum absolute atomic E-state index is 0.0336. The Morgan fingerprint density at radius 2 is 2.27 bits per heavy atom. The number of hydrazone groups is 1. The molecular weight excluding hydrogens is 196 g/mol. The summed E-state index contributed by atoms with van der Waals surface area (Å²) < 4.78 is 0. The maximum Gasteiger partial charge on any atom is 0.304 e. The molecular formula is C10H16N2O3. The molecule has 1 amide bonds. The van der Waals surface area contributed by atoms with Gasteiger partial charge in [-0.05, 0) is 20.3 Å². The molecule has 1 rings (SSSR count). The third kappa shape index (κ3) is 2.34. The number of hydrogen-bond acceptors (Lipinski definition) is 3. The Bertz CT molecular complexity index is 312. The second-order valence-electron chi connectivity index (χ2n) is 3.83. The molecule has 5 nitrogen and oxygen atoms in total. The van der Waals surface area contributed by atoms with E-state index in [-0.39, 0.29) is 18.4 Å². The fourth-order valence-electron chi connectivity index (χ4n) is 1.53. The van der Waals surface area contributed by atoms with Gasteiger partial charge >= 0.3 is 5.97 Å². The molecule has 2 unspecified atom stereocenters. The lowest BCUT2D eigenvalue weighted by atomic mass is 10.0. The molecule has 0 aliphatic carbocycles. The molecule has 84 valence electrons. The number of carbonyl (C=O) groups is 2. The summed E-state index contributed by atoms with van der Waals surface area (Å²) in [5.41, 5.74) is 0.600. The molecule has 0 aromatic rings. The first-order valence-electron chi connectivity index (χ1n) is 5.07. The molecule has 0 radical (unpaired) electrons. The van der Waals surface area contributed by atoms with Crippen molar-refractivity contribution < 1.29 is 14.7 Å². The molecule has 2 atom stereocenters. The molecule has 0 bridgehead atoms. The van der Waals surface area contributed by atoms with Crippen molar-refractivity contribution in [2.24, 2.45) is 11.0 Å². The van der Waals surface area contributed by atoms with Crippen molar-refractivity contribution in [2.75, 3.05) is 0 Å². The Balaban J connectivity index is 2.78. The number of hydrogen-bond donors (Lipinski definition) is 1. The summed E-state index contributed by atoms with van der Waals surface area (Å²) in [6, 6.07) is 0.0336. The van der Waals surface area contributed by atoms with E-state index in [2.05, 4.69) is 5.10 Å². The van der Waals surface area contributed by atoms with Gasteiger partial charge in [0.05, 0.1) is 18.4 Å². The molecule has 1 heterocycles. The maximum absolute atomic E-state index is 11.8. The highest BCUT2D eigenvalue weighted by Crippen LogP contribution is 2.22. The predicted octanol–water partition coefficient (Wildman–Crippen LogP) is 1.09. The van der Waals surface area contributed by atoms with Gasteiger partial charge in [0, 0.05) is 5.71 Å². The number of amides is 1. The summed E-state index contributed by atoms with van der Waals surface area (Å²) in [5.74, 6) is -1.73. The Labute approximate surface area is 88.8 Å². The van der Waals surface area contributed by atoms with Gasteiger partial charge in [0.25, 0.3) is 5.91 Å². The van der Waals surface area contributed by atoms with E-state index in [1.807, 2.05) is 13.8 Å². The van der Waals surface area contributed by atoms with E-state index in [9.17, 15) is 9.59 Å². The lowest BCUT2D eigenvalue weighted by molar-refractivity contribution is -0.142. The second-order valence-corrected chi connectivity index (χ2v) is 3.83. The van der Waals surface area contributed by atoms with E-state index >= 15 is 0 Å². The van der Waals surface area contributed by atoms with Gasteiger partial charge in [-0.2, -0.15) is 5.10 Å². The van der Waals surface area contributed by atoms with Gasteiger partial charge in [0.2, 0.25) is 0 Å². The van der Waals surface area contributed by atoms with Crippen LogP contribution in [0.15, 0.2) is 5.10 Å². The average Bonchev–Trinajstić information content (AvgIpc) is 2.44. The van der Waals surface area contributed by atoms with Crippen LogP contribution >= 0.6 is 0 Å². The topological polar surface area (TPSA) is 70.0 Å². The first-order valence-corrected chi connectivity index (χ1v) is 5.07. The summed E-state index contributed by atoms with van der Waals surface area (Å²) in [6.07, 6.45) is 0.642. The third-order valence-electron chi connectivity index (χ3n) is 2.68. The lowest BCUT2D eigenvalue weighted by Crippen LogP contribution is -2.34. The molecule has 0 aromatic carbocycles. The Morgan fingerprint density at radius 1 is 1.67 bits per heavy atom. The third-order valence-corrected chi connectivity index (χ3v) is 2.68. The molecule has 1 aliphatic heterocycles. The van der Waals surface area contributed by atoms with Crippen LogP contribution in [-0.2, 0) is 9.59 Å². The van der Waals surface area contributed by atoms with Gasteiger partial charge in [0.15, 0.2) is 0 Å². The number of carbonyl (C=O) groups excluding carboxylic acids is 1. The molecule has 0 aromatic heterocycles. The van der Waals surface area contributed by atoms with E-state index in [1.54, 1.807) is 6.92 Å². The van der Waals surface area contributed by atoms with Crippen LogP contribution in [0.3, 0.4) is 0 Å². The number of nitrogens with zero attached hydrogens (tertiary/aromatic N) is 2. The van der Waals surface area contributed by atoms with E-state index in [1.165, 1.54) is 5.01 Å². The summed E-state index contributed by atoms with van der Waals surface area (Å²) in [4.78, 5) is 22.4. The predicted molar refractivity (Wildman–Crippen MR) is 55.5 cm³/mol. The van der Waals surface area contributed by atoms with Crippen molar-refractivity contribution in [3.8, 4) is 0 Å². The van der Waals surface area contributed by atoms with Gasteiger partial charge in [-0.1, -0.05) is 6.92 Å². The van der Waals surface area contributed by atoms with Crippen LogP contribution in [-0.4, -0.2) is 33.7 Å².